The number of carbonyl (C=O) groups is 1. The highest BCUT2D eigenvalue weighted by Crippen LogP contribution is 2.22. The van der Waals surface area contributed by atoms with Crippen molar-refractivity contribution in [2.24, 2.45) is 0 Å². The summed E-state index contributed by atoms with van der Waals surface area (Å²) in [6.07, 6.45) is 6.99. The van der Waals surface area contributed by atoms with Crippen LogP contribution in [0.15, 0.2) is 0 Å². The van der Waals surface area contributed by atoms with Gasteiger partial charge in [-0.1, -0.05) is 13.3 Å². The number of piperidine rings is 1. The van der Waals surface area contributed by atoms with Crippen molar-refractivity contribution in [3.63, 3.8) is 0 Å². The molecule has 1 unspecified atom stereocenters. The van der Waals surface area contributed by atoms with Crippen molar-refractivity contribution in [1.82, 2.24) is 15.5 Å². The van der Waals surface area contributed by atoms with Gasteiger partial charge in [-0.2, -0.15) is 0 Å². The molecule has 0 aromatic rings. The van der Waals surface area contributed by atoms with Gasteiger partial charge in [0.15, 0.2) is 0 Å². The van der Waals surface area contributed by atoms with Crippen molar-refractivity contribution in [3.8, 4) is 0 Å². The molecule has 2 N–H and O–H groups in total. The number of hydrogen-bond donors (Lipinski definition) is 2. The number of likely N-dealkylation sites (tertiary alicyclic amines) is 1. The average Bonchev–Trinajstić information content (AvgIpc) is 2.90. The third kappa shape index (κ3) is 3.23. The predicted molar refractivity (Wildman–Crippen MR) is 73.6 cm³/mol. The number of amides is 1. The Morgan fingerprint density at radius 2 is 2.06 bits per heavy atom. The van der Waals surface area contributed by atoms with E-state index in [0.717, 1.165) is 38.9 Å². The fourth-order valence-electron chi connectivity index (χ4n) is 3.14. The highest BCUT2D eigenvalue weighted by Gasteiger charge is 2.38. The maximum atomic E-state index is 12.2. The van der Waals surface area contributed by atoms with Crippen molar-refractivity contribution >= 4 is 5.91 Å². The van der Waals surface area contributed by atoms with Gasteiger partial charge in [-0.15, -0.1) is 0 Å². The van der Waals surface area contributed by atoms with Crippen LogP contribution in [0.3, 0.4) is 0 Å². The minimum absolute atomic E-state index is 0.208. The molecule has 4 heteroatoms. The summed E-state index contributed by atoms with van der Waals surface area (Å²) in [6.45, 7) is 7.28. The van der Waals surface area contributed by atoms with Gasteiger partial charge in [0.2, 0.25) is 5.91 Å². The minimum Gasteiger partial charge on any atom is -0.353 e. The molecule has 0 radical (unpaired) electrons. The van der Waals surface area contributed by atoms with Gasteiger partial charge in [-0.3, -0.25) is 4.79 Å². The molecular weight excluding hydrogens is 226 g/mol. The Balaban J connectivity index is 1.70. The van der Waals surface area contributed by atoms with Gasteiger partial charge in [0.1, 0.15) is 0 Å². The van der Waals surface area contributed by atoms with Crippen LogP contribution in [0.4, 0.5) is 0 Å². The zero-order valence-corrected chi connectivity index (χ0v) is 11.6. The molecule has 0 aromatic heterocycles. The van der Waals surface area contributed by atoms with Crippen LogP contribution in [0.5, 0.6) is 0 Å². The Morgan fingerprint density at radius 1 is 1.28 bits per heavy atom. The van der Waals surface area contributed by atoms with E-state index in [9.17, 15) is 4.79 Å². The van der Waals surface area contributed by atoms with Gasteiger partial charge in [0.05, 0.1) is 5.54 Å². The first-order valence-electron chi connectivity index (χ1n) is 7.52. The number of nitrogens with one attached hydrogen (secondary N) is 2. The Morgan fingerprint density at radius 3 is 2.67 bits per heavy atom. The third-order valence-electron chi connectivity index (χ3n) is 4.44. The SMILES string of the molecule is CCC1(C(=O)NCCN2CCCCC2)CCCN1. The Labute approximate surface area is 110 Å². The highest BCUT2D eigenvalue weighted by atomic mass is 16.2. The molecule has 2 aliphatic heterocycles. The van der Waals surface area contributed by atoms with Crippen molar-refractivity contribution in [2.45, 2.75) is 51.0 Å². The van der Waals surface area contributed by atoms with Crippen molar-refractivity contribution in [2.75, 3.05) is 32.7 Å². The molecule has 0 spiro atoms. The monoisotopic (exact) mass is 253 g/mol. The normalized spacial score (nSPS) is 29.4. The summed E-state index contributed by atoms with van der Waals surface area (Å²) in [5, 5.41) is 6.50. The predicted octanol–water partition coefficient (Wildman–Crippen LogP) is 1.12. The summed E-state index contributed by atoms with van der Waals surface area (Å²) in [5.41, 5.74) is -0.276. The summed E-state index contributed by atoms with van der Waals surface area (Å²) in [5.74, 6) is 0.208. The van der Waals surface area contributed by atoms with Crippen LogP contribution in [0.1, 0.15) is 45.4 Å². The fraction of sp³-hybridized carbons (Fsp3) is 0.929. The first kappa shape index (κ1) is 13.8. The molecule has 0 saturated carbocycles. The maximum Gasteiger partial charge on any atom is 0.240 e. The van der Waals surface area contributed by atoms with E-state index in [1.54, 1.807) is 0 Å². The average molecular weight is 253 g/mol. The molecule has 2 heterocycles. The van der Waals surface area contributed by atoms with Crippen molar-refractivity contribution in [1.29, 1.82) is 0 Å². The van der Waals surface area contributed by atoms with Crippen LogP contribution >= 0.6 is 0 Å². The molecule has 18 heavy (non-hydrogen) atoms. The first-order valence-corrected chi connectivity index (χ1v) is 7.52. The zero-order valence-electron chi connectivity index (χ0n) is 11.6. The van der Waals surface area contributed by atoms with Crippen molar-refractivity contribution < 1.29 is 4.79 Å². The molecule has 104 valence electrons. The second-order valence-electron chi connectivity index (χ2n) is 5.62. The molecule has 0 aromatic carbocycles. The van der Waals surface area contributed by atoms with Crippen LogP contribution in [-0.4, -0.2) is 49.1 Å². The van der Waals surface area contributed by atoms with Crippen LogP contribution in [0, 0.1) is 0 Å². The molecule has 2 fully saturated rings. The lowest BCUT2D eigenvalue weighted by Crippen LogP contribution is -2.54. The van der Waals surface area contributed by atoms with Gasteiger partial charge in [-0.05, 0) is 51.7 Å². The van der Waals surface area contributed by atoms with Crippen LogP contribution in [-0.2, 0) is 4.79 Å². The molecule has 4 nitrogen and oxygen atoms in total. The smallest absolute Gasteiger partial charge is 0.240 e. The van der Waals surface area contributed by atoms with Gasteiger partial charge in [-0.25, -0.2) is 0 Å². The van der Waals surface area contributed by atoms with Crippen LogP contribution in [0.2, 0.25) is 0 Å². The van der Waals surface area contributed by atoms with E-state index in [1.165, 1.54) is 32.4 Å². The molecule has 1 atom stereocenters. The van der Waals surface area contributed by atoms with Gasteiger partial charge in [0.25, 0.3) is 0 Å². The summed E-state index contributed by atoms with van der Waals surface area (Å²) in [4.78, 5) is 14.7. The van der Waals surface area contributed by atoms with E-state index in [-0.39, 0.29) is 11.4 Å². The lowest BCUT2D eigenvalue weighted by Gasteiger charge is -2.29. The van der Waals surface area contributed by atoms with E-state index in [2.05, 4.69) is 22.5 Å². The molecule has 0 aliphatic carbocycles. The summed E-state index contributed by atoms with van der Waals surface area (Å²) in [7, 11) is 0. The maximum absolute atomic E-state index is 12.2. The highest BCUT2D eigenvalue weighted by molar-refractivity contribution is 5.86. The second kappa shape index (κ2) is 6.53. The number of hydrogen-bond acceptors (Lipinski definition) is 3. The second-order valence-corrected chi connectivity index (χ2v) is 5.62. The fourth-order valence-corrected chi connectivity index (χ4v) is 3.14. The Bertz CT molecular complexity index is 268. The standard InChI is InChI=1S/C14H27N3O/c1-2-14(7-6-8-16-14)13(18)15-9-12-17-10-4-3-5-11-17/h16H,2-12H2,1H3,(H,15,18). The molecule has 2 saturated heterocycles. The zero-order chi connectivity index (χ0) is 12.8. The Hall–Kier alpha value is -0.610. The van der Waals surface area contributed by atoms with E-state index in [0.29, 0.717) is 0 Å². The van der Waals surface area contributed by atoms with Crippen molar-refractivity contribution in [3.05, 3.63) is 0 Å². The summed E-state index contributed by atoms with van der Waals surface area (Å²) >= 11 is 0. The van der Waals surface area contributed by atoms with Crippen LogP contribution in [0.25, 0.3) is 0 Å². The molecule has 1 amide bonds. The van der Waals surface area contributed by atoms with Crippen LogP contribution < -0.4 is 10.6 Å². The first-order chi connectivity index (χ1) is 8.77. The van der Waals surface area contributed by atoms with Gasteiger partial charge >= 0.3 is 0 Å². The quantitative estimate of drug-likeness (QED) is 0.772. The van der Waals surface area contributed by atoms with Gasteiger partial charge < -0.3 is 15.5 Å². The molecule has 2 aliphatic rings. The molecule has 0 bridgehead atoms. The summed E-state index contributed by atoms with van der Waals surface area (Å²) in [6, 6.07) is 0. The van der Waals surface area contributed by atoms with E-state index in [1.807, 2.05) is 0 Å². The lowest BCUT2D eigenvalue weighted by molar-refractivity contribution is -0.127. The molecular formula is C14H27N3O. The minimum atomic E-state index is -0.276. The largest absolute Gasteiger partial charge is 0.353 e. The topological polar surface area (TPSA) is 44.4 Å². The molecule has 2 rings (SSSR count). The number of nitrogens with zero attached hydrogens (tertiary/aromatic N) is 1. The summed E-state index contributed by atoms with van der Waals surface area (Å²) < 4.78 is 0. The van der Waals surface area contributed by atoms with E-state index in [4.69, 9.17) is 0 Å². The van der Waals surface area contributed by atoms with E-state index < -0.39 is 0 Å². The number of carbonyl (C=O) groups excluding carboxylic acids is 1. The lowest BCUT2D eigenvalue weighted by atomic mass is 9.93. The third-order valence-corrected chi connectivity index (χ3v) is 4.44. The van der Waals surface area contributed by atoms with Gasteiger partial charge in [0, 0.05) is 13.1 Å². The van der Waals surface area contributed by atoms with E-state index >= 15 is 0 Å². The number of rotatable bonds is 5. The Kier molecular flexibility index (Phi) is 5.01.